The van der Waals surface area contributed by atoms with Crippen molar-refractivity contribution in [3.8, 4) is 5.75 Å². The number of allylic oxidation sites excluding steroid dienone is 1. The Labute approximate surface area is 97.1 Å². The molecule has 2 heteroatoms. The largest absolute Gasteiger partial charge is 0.497 e. The molecule has 0 aliphatic heterocycles. The number of hydrogen-bond acceptors (Lipinski definition) is 2. The molecule has 86 valence electrons. The average molecular weight is 217 g/mol. The topological polar surface area (TPSA) is 35.2 Å². The lowest BCUT2D eigenvalue weighted by Gasteiger charge is -2.19. The fourth-order valence-corrected chi connectivity index (χ4v) is 2.53. The van der Waals surface area contributed by atoms with Crippen LogP contribution in [-0.4, -0.2) is 13.7 Å². The fourth-order valence-electron chi connectivity index (χ4n) is 2.53. The molecule has 0 heterocycles. The van der Waals surface area contributed by atoms with E-state index in [-0.39, 0.29) is 5.41 Å². The Morgan fingerprint density at radius 1 is 1.44 bits per heavy atom. The minimum atomic E-state index is 0.189. The summed E-state index contributed by atoms with van der Waals surface area (Å²) in [6, 6.07) is 6.30. The molecule has 0 atom stereocenters. The van der Waals surface area contributed by atoms with Crippen molar-refractivity contribution in [1.82, 2.24) is 0 Å². The highest BCUT2D eigenvalue weighted by Gasteiger charge is 2.33. The summed E-state index contributed by atoms with van der Waals surface area (Å²) >= 11 is 0. The number of rotatable bonds is 2. The van der Waals surface area contributed by atoms with Crippen LogP contribution in [0.1, 0.15) is 25.0 Å². The molecule has 16 heavy (non-hydrogen) atoms. The van der Waals surface area contributed by atoms with Gasteiger partial charge >= 0.3 is 0 Å². The van der Waals surface area contributed by atoms with Crippen molar-refractivity contribution in [2.75, 3.05) is 13.7 Å². The molecule has 1 aliphatic rings. The Balaban J connectivity index is 2.53. The Hall–Kier alpha value is -1.28. The molecule has 0 amide bonds. The predicted molar refractivity (Wildman–Crippen MR) is 67.5 cm³/mol. The third-order valence-corrected chi connectivity index (χ3v) is 3.29. The molecule has 1 aliphatic carbocycles. The Morgan fingerprint density at radius 2 is 2.19 bits per heavy atom. The van der Waals surface area contributed by atoms with E-state index in [9.17, 15) is 0 Å². The van der Waals surface area contributed by atoms with Crippen LogP contribution in [0.3, 0.4) is 0 Å². The third kappa shape index (κ3) is 1.74. The molecule has 0 spiro atoms. The molecule has 1 aromatic rings. The van der Waals surface area contributed by atoms with Crippen LogP contribution in [0.5, 0.6) is 5.75 Å². The van der Waals surface area contributed by atoms with Crippen LogP contribution >= 0.6 is 0 Å². The van der Waals surface area contributed by atoms with Crippen molar-refractivity contribution in [3.05, 3.63) is 35.4 Å². The smallest absolute Gasteiger partial charge is 0.119 e. The standard InChI is InChI=1S/C14H19NO/c1-14(2)9-10-4-5-11(16-3)8-12(10)13(14)6-7-15/h4-6,8H,7,9,15H2,1-3H3/b13-6-. The summed E-state index contributed by atoms with van der Waals surface area (Å²) in [5, 5.41) is 0. The molecule has 1 aromatic carbocycles. The van der Waals surface area contributed by atoms with Crippen LogP contribution in [0.2, 0.25) is 0 Å². The lowest BCUT2D eigenvalue weighted by molar-refractivity contribution is 0.414. The van der Waals surface area contributed by atoms with Gasteiger partial charge in [0.25, 0.3) is 0 Å². The monoisotopic (exact) mass is 217 g/mol. The van der Waals surface area contributed by atoms with Crippen molar-refractivity contribution in [2.45, 2.75) is 20.3 Å². The van der Waals surface area contributed by atoms with E-state index in [0.29, 0.717) is 6.54 Å². The molecular weight excluding hydrogens is 198 g/mol. The van der Waals surface area contributed by atoms with E-state index in [0.717, 1.165) is 12.2 Å². The van der Waals surface area contributed by atoms with Gasteiger partial charge < -0.3 is 10.5 Å². The van der Waals surface area contributed by atoms with Gasteiger partial charge in [-0.05, 0) is 40.7 Å². The minimum Gasteiger partial charge on any atom is -0.497 e. The molecule has 2 nitrogen and oxygen atoms in total. The summed E-state index contributed by atoms with van der Waals surface area (Å²) in [5.41, 5.74) is 9.88. The Morgan fingerprint density at radius 3 is 2.81 bits per heavy atom. The normalized spacial score (nSPS) is 19.9. The van der Waals surface area contributed by atoms with Crippen LogP contribution in [0.25, 0.3) is 5.57 Å². The Kier molecular flexibility index (Phi) is 2.76. The minimum absolute atomic E-state index is 0.189. The lowest BCUT2D eigenvalue weighted by Crippen LogP contribution is -2.10. The van der Waals surface area contributed by atoms with Gasteiger partial charge in [-0.2, -0.15) is 0 Å². The number of hydrogen-bond donors (Lipinski definition) is 1. The molecule has 0 fully saturated rings. The van der Waals surface area contributed by atoms with Gasteiger partial charge in [0, 0.05) is 6.54 Å². The summed E-state index contributed by atoms with van der Waals surface area (Å²) in [6.45, 7) is 5.12. The molecule has 0 unspecified atom stereocenters. The second-order valence-electron chi connectivity index (χ2n) is 4.94. The van der Waals surface area contributed by atoms with Crippen LogP contribution in [-0.2, 0) is 6.42 Å². The van der Waals surface area contributed by atoms with Crippen LogP contribution in [0.15, 0.2) is 24.3 Å². The van der Waals surface area contributed by atoms with E-state index in [1.807, 2.05) is 6.07 Å². The van der Waals surface area contributed by atoms with Crippen LogP contribution < -0.4 is 10.5 Å². The second kappa shape index (κ2) is 3.95. The maximum absolute atomic E-state index is 5.65. The lowest BCUT2D eigenvalue weighted by atomic mass is 9.85. The zero-order chi connectivity index (χ0) is 11.8. The highest BCUT2D eigenvalue weighted by Crippen LogP contribution is 2.46. The van der Waals surface area contributed by atoms with E-state index in [1.165, 1.54) is 16.7 Å². The van der Waals surface area contributed by atoms with Crippen molar-refractivity contribution < 1.29 is 4.74 Å². The molecule has 2 N–H and O–H groups in total. The zero-order valence-corrected chi connectivity index (χ0v) is 10.2. The maximum Gasteiger partial charge on any atom is 0.119 e. The summed E-state index contributed by atoms with van der Waals surface area (Å²) in [7, 11) is 1.70. The first-order valence-electron chi connectivity index (χ1n) is 5.66. The molecule has 0 bridgehead atoms. The highest BCUT2D eigenvalue weighted by atomic mass is 16.5. The first-order valence-corrected chi connectivity index (χ1v) is 5.66. The van der Waals surface area contributed by atoms with Crippen LogP contribution in [0, 0.1) is 5.41 Å². The molecule has 0 saturated heterocycles. The first kappa shape index (κ1) is 11.2. The van der Waals surface area contributed by atoms with Gasteiger partial charge in [-0.1, -0.05) is 26.0 Å². The first-order chi connectivity index (χ1) is 7.58. The predicted octanol–water partition coefficient (Wildman–Crippen LogP) is 2.62. The molecule has 2 rings (SSSR count). The molecular formula is C14H19NO. The zero-order valence-electron chi connectivity index (χ0n) is 10.2. The number of benzene rings is 1. The second-order valence-corrected chi connectivity index (χ2v) is 4.94. The van der Waals surface area contributed by atoms with Gasteiger partial charge in [0.1, 0.15) is 5.75 Å². The summed E-state index contributed by atoms with van der Waals surface area (Å²) in [4.78, 5) is 0. The van der Waals surface area contributed by atoms with Crippen molar-refractivity contribution in [1.29, 1.82) is 0 Å². The molecule has 0 aromatic heterocycles. The van der Waals surface area contributed by atoms with Gasteiger partial charge in [0.2, 0.25) is 0 Å². The van der Waals surface area contributed by atoms with Crippen molar-refractivity contribution >= 4 is 5.57 Å². The van der Waals surface area contributed by atoms with E-state index < -0.39 is 0 Å². The van der Waals surface area contributed by atoms with Gasteiger partial charge in [0.05, 0.1) is 7.11 Å². The number of fused-ring (bicyclic) bond motifs is 1. The SMILES string of the molecule is COc1ccc2c(c1)/C(=C/CN)C(C)(C)C2. The molecule has 0 radical (unpaired) electrons. The van der Waals surface area contributed by atoms with E-state index in [1.54, 1.807) is 7.11 Å². The fraction of sp³-hybridized carbons (Fsp3) is 0.429. The van der Waals surface area contributed by atoms with Gasteiger partial charge in [-0.15, -0.1) is 0 Å². The number of ether oxygens (including phenoxy) is 1. The Bertz CT molecular complexity index is 432. The van der Waals surface area contributed by atoms with E-state index in [2.05, 4.69) is 32.1 Å². The van der Waals surface area contributed by atoms with Crippen molar-refractivity contribution in [2.24, 2.45) is 11.1 Å². The van der Waals surface area contributed by atoms with Crippen LogP contribution in [0.4, 0.5) is 0 Å². The van der Waals surface area contributed by atoms with Crippen molar-refractivity contribution in [3.63, 3.8) is 0 Å². The molecule has 0 saturated carbocycles. The third-order valence-electron chi connectivity index (χ3n) is 3.29. The van der Waals surface area contributed by atoms with Gasteiger partial charge in [-0.25, -0.2) is 0 Å². The van der Waals surface area contributed by atoms with E-state index >= 15 is 0 Å². The number of methoxy groups -OCH3 is 1. The quantitative estimate of drug-likeness (QED) is 0.826. The van der Waals surface area contributed by atoms with E-state index in [4.69, 9.17) is 10.5 Å². The summed E-state index contributed by atoms with van der Waals surface area (Å²) < 4.78 is 5.28. The summed E-state index contributed by atoms with van der Waals surface area (Å²) in [5.74, 6) is 0.916. The average Bonchev–Trinajstić information content (AvgIpc) is 2.50. The van der Waals surface area contributed by atoms with Gasteiger partial charge in [-0.3, -0.25) is 0 Å². The number of nitrogens with two attached hydrogens (primary N) is 1. The maximum atomic E-state index is 5.65. The van der Waals surface area contributed by atoms with Gasteiger partial charge in [0.15, 0.2) is 0 Å². The summed E-state index contributed by atoms with van der Waals surface area (Å²) in [6.07, 6.45) is 3.21. The highest BCUT2D eigenvalue weighted by molar-refractivity contribution is 5.77.